The first-order valence-electron chi connectivity index (χ1n) is 7.56. The lowest BCUT2D eigenvalue weighted by atomic mass is 10.1. The standard InChI is InChI=1S/C18H17N3O4/c1-23-13-8-12(9-14(10-13)24-2)18(22)21-11-15-17(20-6-5-19-15)16-4-3-7-25-16/h3-10H,11H2,1-2H3,(H,21,22). The summed E-state index contributed by atoms with van der Waals surface area (Å²) in [5.74, 6) is 1.41. The van der Waals surface area contributed by atoms with E-state index in [1.165, 1.54) is 14.2 Å². The number of hydrogen-bond donors (Lipinski definition) is 1. The zero-order valence-corrected chi connectivity index (χ0v) is 13.9. The van der Waals surface area contributed by atoms with Crippen LogP contribution in [0.4, 0.5) is 0 Å². The Morgan fingerprint density at radius 3 is 2.48 bits per heavy atom. The van der Waals surface area contributed by atoms with E-state index in [1.54, 1.807) is 49.0 Å². The van der Waals surface area contributed by atoms with Crippen LogP contribution in [0.15, 0.2) is 53.4 Å². The van der Waals surface area contributed by atoms with Gasteiger partial charge in [-0.05, 0) is 24.3 Å². The van der Waals surface area contributed by atoms with Crippen molar-refractivity contribution in [1.82, 2.24) is 15.3 Å². The topological polar surface area (TPSA) is 86.5 Å². The van der Waals surface area contributed by atoms with Gasteiger partial charge in [0.2, 0.25) is 0 Å². The number of aromatic nitrogens is 2. The SMILES string of the molecule is COc1cc(OC)cc(C(=O)NCc2nccnc2-c2ccco2)c1. The van der Waals surface area contributed by atoms with Gasteiger partial charge in [0.25, 0.3) is 5.91 Å². The number of carbonyl (C=O) groups is 1. The molecule has 128 valence electrons. The maximum atomic E-state index is 12.5. The molecule has 0 spiro atoms. The Labute approximate surface area is 144 Å². The molecule has 1 aromatic carbocycles. The number of benzene rings is 1. The minimum Gasteiger partial charge on any atom is -0.497 e. The highest BCUT2D eigenvalue weighted by Gasteiger charge is 2.13. The number of furan rings is 1. The van der Waals surface area contributed by atoms with E-state index < -0.39 is 0 Å². The van der Waals surface area contributed by atoms with Crippen LogP contribution in [-0.2, 0) is 6.54 Å². The van der Waals surface area contributed by atoms with Gasteiger partial charge in [-0.25, -0.2) is 4.98 Å². The van der Waals surface area contributed by atoms with Gasteiger partial charge >= 0.3 is 0 Å². The van der Waals surface area contributed by atoms with Crippen LogP contribution >= 0.6 is 0 Å². The van der Waals surface area contributed by atoms with Crippen LogP contribution in [0.1, 0.15) is 16.1 Å². The molecule has 1 amide bonds. The van der Waals surface area contributed by atoms with Crippen molar-refractivity contribution in [1.29, 1.82) is 0 Å². The van der Waals surface area contributed by atoms with Crippen LogP contribution in [0.3, 0.4) is 0 Å². The van der Waals surface area contributed by atoms with Crippen molar-refractivity contribution < 1.29 is 18.7 Å². The molecule has 25 heavy (non-hydrogen) atoms. The van der Waals surface area contributed by atoms with Crippen molar-refractivity contribution in [2.75, 3.05) is 14.2 Å². The molecular formula is C18H17N3O4. The minimum absolute atomic E-state index is 0.211. The third-order valence-corrected chi connectivity index (χ3v) is 3.56. The Morgan fingerprint density at radius 1 is 1.12 bits per heavy atom. The van der Waals surface area contributed by atoms with Crippen LogP contribution in [0, 0.1) is 0 Å². The number of ether oxygens (including phenoxy) is 2. The molecule has 7 nitrogen and oxygen atoms in total. The molecule has 0 aliphatic heterocycles. The molecule has 3 aromatic rings. The Kier molecular flexibility index (Phi) is 4.94. The number of methoxy groups -OCH3 is 2. The largest absolute Gasteiger partial charge is 0.497 e. The van der Waals surface area contributed by atoms with E-state index in [0.29, 0.717) is 34.2 Å². The lowest BCUT2D eigenvalue weighted by Gasteiger charge is -2.10. The third kappa shape index (κ3) is 3.77. The molecular weight excluding hydrogens is 322 g/mol. The molecule has 0 atom stereocenters. The summed E-state index contributed by atoms with van der Waals surface area (Å²) in [5, 5.41) is 2.83. The van der Waals surface area contributed by atoms with Gasteiger partial charge in [-0.1, -0.05) is 0 Å². The van der Waals surface area contributed by atoms with Crippen LogP contribution in [0.25, 0.3) is 11.5 Å². The van der Waals surface area contributed by atoms with Crippen LogP contribution < -0.4 is 14.8 Å². The van der Waals surface area contributed by atoms with Gasteiger partial charge in [-0.3, -0.25) is 9.78 Å². The van der Waals surface area contributed by atoms with Crippen molar-refractivity contribution in [3.8, 4) is 23.0 Å². The predicted octanol–water partition coefficient (Wildman–Crippen LogP) is 2.68. The summed E-state index contributed by atoms with van der Waals surface area (Å²) in [7, 11) is 3.07. The van der Waals surface area contributed by atoms with Crippen molar-refractivity contribution in [3.05, 3.63) is 60.2 Å². The van der Waals surface area contributed by atoms with E-state index in [-0.39, 0.29) is 12.5 Å². The molecule has 1 N–H and O–H groups in total. The van der Waals surface area contributed by atoms with Crippen LogP contribution in [-0.4, -0.2) is 30.1 Å². The number of rotatable bonds is 6. The van der Waals surface area contributed by atoms with Gasteiger partial charge in [0.1, 0.15) is 17.2 Å². The van der Waals surface area contributed by atoms with Gasteiger partial charge < -0.3 is 19.2 Å². The lowest BCUT2D eigenvalue weighted by molar-refractivity contribution is 0.0949. The fraction of sp³-hybridized carbons (Fsp3) is 0.167. The molecule has 0 unspecified atom stereocenters. The van der Waals surface area contributed by atoms with E-state index in [0.717, 1.165) is 0 Å². The second-order valence-electron chi connectivity index (χ2n) is 5.11. The molecule has 3 rings (SSSR count). The maximum absolute atomic E-state index is 12.5. The maximum Gasteiger partial charge on any atom is 0.251 e. The monoisotopic (exact) mass is 339 g/mol. The Balaban J connectivity index is 1.78. The minimum atomic E-state index is -0.270. The van der Waals surface area contributed by atoms with Gasteiger partial charge in [0, 0.05) is 24.0 Å². The highest BCUT2D eigenvalue weighted by atomic mass is 16.5. The average molecular weight is 339 g/mol. The van der Waals surface area contributed by atoms with E-state index in [2.05, 4.69) is 15.3 Å². The molecule has 0 aliphatic rings. The summed E-state index contributed by atoms with van der Waals surface area (Å²) in [6, 6.07) is 8.55. The summed E-state index contributed by atoms with van der Waals surface area (Å²) in [6.07, 6.45) is 4.72. The fourth-order valence-corrected chi connectivity index (χ4v) is 2.32. The Morgan fingerprint density at radius 2 is 1.84 bits per heavy atom. The van der Waals surface area contributed by atoms with E-state index in [1.807, 2.05) is 0 Å². The summed E-state index contributed by atoms with van der Waals surface area (Å²) in [6.45, 7) is 0.211. The second kappa shape index (κ2) is 7.48. The number of carbonyl (C=O) groups excluding carboxylic acids is 1. The van der Waals surface area contributed by atoms with Crippen molar-refractivity contribution in [2.45, 2.75) is 6.54 Å². The average Bonchev–Trinajstić information content (AvgIpc) is 3.20. The molecule has 0 saturated heterocycles. The van der Waals surface area contributed by atoms with E-state index >= 15 is 0 Å². The molecule has 2 heterocycles. The highest BCUT2D eigenvalue weighted by Crippen LogP contribution is 2.23. The first-order chi connectivity index (χ1) is 12.2. The van der Waals surface area contributed by atoms with Gasteiger partial charge in [-0.15, -0.1) is 0 Å². The molecule has 0 aliphatic carbocycles. The highest BCUT2D eigenvalue weighted by molar-refractivity contribution is 5.95. The van der Waals surface area contributed by atoms with E-state index in [9.17, 15) is 4.79 Å². The summed E-state index contributed by atoms with van der Waals surface area (Å²) >= 11 is 0. The van der Waals surface area contributed by atoms with Crippen molar-refractivity contribution >= 4 is 5.91 Å². The van der Waals surface area contributed by atoms with Gasteiger partial charge in [0.05, 0.1) is 32.7 Å². The molecule has 2 aromatic heterocycles. The molecule has 0 bridgehead atoms. The summed E-state index contributed by atoms with van der Waals surface area (Å²) < 4.78 is 15.7. The second-order valence-corrected chi connectivity index (χ2v) is 5.11. The normalized spacial score (nSPS) is 10.3. The zero-order valence-electron chi connectivity index (χ0n) is 13.9. The number of nitrogens with zero attached hydrogens (tertiary/aromatic N) is 2. The van der Waals surface area contributed by atoms with Crippen LogP contribution in [0.5, 0.6) is 11.5 Å². The smallest absolute Gasteiger partial charge is 0.251 e. The van der Waals surface area contributed by atoms with Gasteiger partial charge in [-0.2, -0.15) is 0 Å². The number of hydrogen-bond acceptors (Lipinski definition) is 6. The molecule has 0 saturated carbocycles. The Hall–Kier alpha value is -3.35. The summed E-state index contributed by atoms with van der Waals surface area (Å²) in [5.41, 5.74) is 1.64. The first-order valence-corrected chi connectivity index (χ1v) is 7.56. The molecule has 7 heteroatoms. The van der Waals surface area contributed by atoms with E-state index in [4.69, 9.17) is 13.9 Å². The van der Waals surface area contributed by atoms with Crippen LogP contribution in [0.2, 0.25) is 0 Å². The third-order valence-electron chi connectivity index (χ3n) is 3.56. The zero-order chi connectivity index (χ0) is 17.6. The van der Waals surface area contributed by atoms with Crippen molar-refractivity contribution in [2.24, 2.45) is 0 Å². The number of nitrogens with one attached hydrogen (secondary N) is 1. The van der Waals surface area contributed by atoms with Crippen molar-refractivity contribution in [3.63, 3.8) is 0 Å². The fourth-order valence-electron chi connectivity index (χ4n) is 2.32. The Bertz CT molecular complexity index is 840. The predicted molar refractivity (Wildman–Crippen MR) is 90.5 cm³/mol. The lowest BCUT2D eigenvalue weighted by Crippen LogP contribution is -2.24. The number of amides is 1. The molecule has 0 radical (unpaired) electrons. The quantitative estimate of drug-likeness (QED) is 0.743. The first kappa shape index (κ1) is 16.5. The van der Waals surface area contributed by atoms with Gasteiger partial charge in [0.15, 0.2) is 5.76 Å². The molecule has 0 fully saturated rings. The summed E-state index contributed by atoms with van der Waals surface area (Å²) in [4.78, 5) is 21.0.